The summed E-state index contributed by atoms with van der Waals surface area (Å²) in [5.41, 5.74) is -4.54. The summed E-state index contributed by atoms with van der Waals surface area (Å²) in [6, 6.07) is 0. The van der Waals surface area contributed by atoms with E-state index < -0.39 is 16.7 Å². The molecule has 0 aliphatic carbocycles. The second kappa shape index (κ2) is 5.70. The zero-order valence-corrected chi connectivity index (χ0v) is 7.51. The molecule has 1 nitrogen and oxygen atoms in total. The number of alkyl halides is 3. The largest absolute Gasteiger partial charge is 0.609 e. The molecule has 0 bridgehead atoms. The van der Waals surface area contributed by atoms with Crippen molar-refractivity contribution in [2.75, 3.05) is 5.75 Å². The summed E-state index contributed by atoms with van der Waals surface area (Å²) in [4.78, 5) is 0. The molecular formula is C7H12F3OS. The molecule has 0 aliphatic rings. The van der Waals surface area contributed by atoms with Crippen LogP contribution in [0.25, 0.3) is 0 Å². The summed E-state index contributed by atoms with van der Waals surface area (Å²) in [5, 5.41) is 0. The standard InChI is InChI=1S/C7H12F3OS/c1-2-3-4-5-6-12(11)7(8,9)10/h1-6H2. The molecular weight excluding hydrogens is 189 g/mol. The van der Waals surface area contributed by atoms with Crippen LogP contribution in [0.1, 0.15) is 25.7 Å². The van der Waals surface area contributed by atoms with E-state index >= 15 is 0 Å². The summed E-state index contributed by atoms with van der Waals surface area (Å²) < 4.78 is 45.3. The van der Waals surface area contributed by atoms with Crippen LogP contribution >= 0.6 is 0 Å². The molecule has 0 saturated carbocycles. The van der Waals surface area contributed by atoms with E-state index in [4.69, 9.17) is 0 Å². The Labute approximate surface area is 73.5 Å². The van der Waals surface area contributed by atoms with E-state index in [1.54, 1.807) is 0 Å². The monoisotopic (exact) mass is 201 g/mol. The Balaban J connectivity index is 3.38. The lowest BCUT2D eigenvalue weighted by Crippen LogP contribution is -2.26. The fourth-order valence-corrected chi connectivity index (χ4v) is 1.40. The van der Waals surface area contributed by atoms with Gasteiger partial charge in [0, 0.05) is 0 Å². The van der Waals surface area contributed by atoms with Crippen molar-refractivity contribution >= 4 is 11.2 Å². The fraction of sp³-hybridized carbons (Fsp3) is 0.857. The highest BCUT2D eigenvalue weighted by atomic mass is 32.2. The van der Waals surface area contributed by atoms with E-state index in [0.717, 1.165) is 12.8 Å². The lowest BCUT2D eigenvalue weighted by atomic mass is 10.2. The Morgan fingerprint density at radius 3 is 2.17 bits per heavy atom. The molecule has 1 radical (unpaired) electrons. The molecule has 0 N–H and O–H groups in total. The maximum atomic E-state index is 11.6. The predicted molar refractivity (Wildman–Crippen MR) is 42.9 cm³/mol. The van der Waals surface area contributed by atoms with Crippen molar-refractivity contribution in [3.63, 3.8) is 0 Å². The van der Waals surface area contributed by atoms with Crippen molar-refractivity contribution in [3.05, 3.63) is 6.92 Å². The van der Waals surface area contributed by atoms with E-state index in [-0.39, 0.29) is 5.75 Å². The fourth-order valence-electron chi connectivity index (χ4n) is 0.702. The first kappa shape index (κ1) is 12.1. The van der Waals surface area contributed by atoms with Crippen LogP contribution in [-0.4, -0.2) is 15.8 Å². The molecule has 0 aromatic carbocycles. The van der Waals surface area contributed by atoms with Crippen molar-refractivity contribution in [1.29, 1.82) is 0 Å². The lowest BCUT2D eigenvalue weighted by Gasteiger charge is -2.11. The van der Waals surface area contributed by atoms with Crippen LogP contribution in [0.3, 0.4) is 0 Å². The first-order valence-corrected chi connectivity index (χ1v) is 5.05. The number of halogens is 3. The van der Waals surface area contributed by atoms with Gasteiger partial charge in [-0.1, -0.05) is 19.8 Å². The molecule has 12 heavy (non-hydrogen) atoms. The smallest absolute Gasteiger partial charge is 0.572 e. The Kier molecular flexibility index (Phi) is 5.74. The number of hydrogen-bond donors (Lipinski definition) is 0. The van der Waals surface area contributed by atoms with Crippen LogP contribution in [0, 0.1) is 6.92 Å². The van der Waals surface area contributed by atoms with Crippen LogP contribution in [-0.2, 0) is 11.2 Å². The van der Waals surface area contributed by atoms with Gasteiger partial charge in [0.25, 0.3) is 0 Å². The molecule has 5 heteroatoms. The van der Waals surface area contributed by atoms with E-state index in [9.17, 15) is 17.7 Å². The van der Waals surface area contributed by atoms with Crippen molar-refractivity contribution in [1.82, 2.24) is 0 Å². The number of unbranched alkanes of at least 4 members (excludes halogenated alkanes) is 3. The van der Waals surface area contributed by atoms with Crippen molar-refractivity contribution in [3.8, 4) is 0 Å². The van der Waals surface area contributed by atoms with Gasteiger partial charge in [-0.15, -0.1) is 13.2 Å². The van der Waals surface area contributed by atoms with Gasteiger partial charge in [-0.3, -0.25) is 0 Å². The normalized spacial score (nSPS) is 14.8. The Bertz CT molecular complexity index is 116. The highest BCUT2D eigenvalue weighted by Crippen LogP contribution is 2.24. The van der Waals surface area contributed by atoms with Crippen molar-refractivity contribution in [2.45, 2.75) is 31.2 Å². The highest BCUT2D eigenvalue weighted by Gasteiger charge is 2.43. The summed E-state index contributed by atoms with van der Waals surface area (Å²) >= 11 is -2.66. The molecule has 0 aromatic rings. The van der Waals surface area contributed by atoms with Gasteiger partial charge in [-0.2, -0.15) is 0 Å². The van der Waals surface area contributed by atoms with Crippen molar-refractivity contribution in [2.24, 2.45) is 0 Å². The molecule has 1 unspecified atom stereocenters. The zero-order chi connectivity index (χ0) is 9.61. The SMILES string of the molecule is [CH2]CCCCC[S+]([O-])C(F)(F)F. The molecule has 0 aliphatic heterocycles. The van der Waals surface area contributed by atoms with Gasteiger partial charge in [0.1, 0.15) is 5.75 Å². The van der Waals surface area contributed by atoms with Gasteiger partial charge in [0.05, 0.1) is 11.2 Å². The third-order valence-corrected chi connectivity index (χ3v) is 2.51. The van der Waals surface area contributed by atoms with E-state index in [0.29, 0.717) is 12.8 Å². The maximum Gasteiger partial charge on any atom is 0.572 e. The summed E-state index contributed by atoms with van der Waals surface area (Å²) in [5.74, 6) is -0.274. The van der Waals surface area contributed by atoms with Crippen LogP contribution in [0.15, 0.2) is 0 Å². The average Bonchev–Trinajstić information content (AvgIpc) is 1.96. The maximum absolute atomic E-state index is 11.6. The minimum Gasteiger partial charge on any atom is -0.609 e. The predicted octanol–water partition coefficient (Wildman–Crippen LogP) is 2.65. The quantitative estimate of drug-likeness (QED) is 0.495. The van der Waals surface area contributed by atoms with E-state index in [2.05, 4.69) is 6.92 Å². The van der Waals surface area contributed by atoms with Gasteiger partial charge in [-0.05, 0) is 12.8 Å². The van der Waals surface area contributed by atoms with Gasteiger partial charge in [0.15, 0.2) is 0 Å². The molecule has 0 amide bonds. The minimum absolute atomic E-state index is 0.274. The van der Waals surface area contributed by atoms with Crippen LogP contribution in [0.2, 0.25) is 0 Å². The molecule has 0 rings (SSSR count). The van der Waals surface area contributed by atoms with E-state index in [1.807, 2.05) is 0 Å². The highest BCUT2D eigenvalue weighted by molar-refractivity contribution is 7.92. The Hall–Kier alpha value is 0.100. The lowest BCUT2D eigenvalue weighted by molar-refractivity contribution is -0.0435. The second-order valence-electron chi connectivity index (χ2n) is 2.41. The number of rotatable bonds is 5. The molecule has 0 aromatic heterocycles. The molecule has 1 atom stereocenters. The third kappa shape index (κ3) is 5.71. The average molecular weight is 201 g/mol. The summed E-state index contributed by atoms with van der Waals surface area (Å²) in [7, 11) is 0. The molecule has 0 saturated heterocycles. The van der Waals surface area contributed by atoms with Crippen LogP contribution < -0.4 is 0 Å². The first-order chi connectivity index (χ1) is 5.48. The molecule has 73 valence electrons. The van der Waals surface area contributed by atoms with Gasteiger partial charge < -0.3 is 4.55 Å². The minimum atomic E-state index is -4.54. The number of hydrogen-bond acceptors (Lipinski definition) is 1. The summed E-state index contributed by atoms with van der Waals surface area (Å²) in [6.07, 6.45) is 2.56. The molecule has 0 heterocycles. The van der Waals surface area contributed by atoms with Crippen molar-refractivity contribution < 1.29 is 17.7 Å². The van der Waals surface area contributed by atoms with Gasteiger partial charge in [-0.25, -0.2) is 0 Å². The van der Waals surface area contributed by atoms with Crippen LogP contribution in [0.4, 0.5) is 13.2 Å². The molecule has 0 spiro atoms. The Morgan fingerprint density at radius 2 is 1.75 bits per heavy atom. The first-order valence-electron chi connectivity index (χ1n) is 3.73. The third-order valence-electron chi connectivity index (χ3n) is 1.34. The topological polar surface area (TPSA) is 23.1 Å². The molecule has 0 fully saturated rings. The van der Waals surface area contributed by atoms with Gasteiger partial charge in [0.2, 0.25) is 0 Å². The van der Waals surface area contributed by atoms with Crippen LogP contribution in [0.5, 0.6) is 0 Å². The van der Waals surface area contributed by atoms with Gasteiger partial charge >= 0.3 is 5.51 Å². The summed E-state index contributed by atoms with van der Waals surface area (Å²) in [6.45, 7) is 3.55. The Morgan fingerprint density at radius 1 is 1.17 bits per heavy atom. The zero-order valence-electron chi connectivity index (χ0n) is 6.69. The second-order valence-corrected chi connectivity index (χ2v) is 3.97. The van der Waals surface area contributed by atoms with E-state index in [1.165, 1.54) is 0 Å².